The van der Waals surface area contributed by atoms with Crippen LogP contribution in [0, 0.1) is 12.7 Å². The third kappa shape index (κ3) is 8.17. The van der Waals surface area contributed by atoms with Crippen molar-refractivity contribution in [1.29, 1.82) is 0 Å². The third-order valence-electron chi connectivity index (χ3n) is 5.61. The molecule has 1 amide bonds. The third-order valence-corrected chi connectivity index (χ3v) is 7.35. The van der Waals surface area contributed by atoms with E-state index in [1.165, 1.54) is 35.5 Å². The van der Waals surface area contributed by atoms with E-state index in [1.54, 1.807) is 43.3 Å². The van der Waals surface area contributed by atoms with E-state index in [0.717, 1.165) is 11.8 Å². The Hall–Kier alpha value is -3.15. The van der Waals surface area contributed by atoms with Crippen molar-refractivity contribution < 1.29 is 32.2 Å². The fraction of sp³-hybridized carbons (Fsp3) is 0.346. The average Bonchev–Trinajstić information content (AvgIpc) is 3.23. The monoisotopic (exact) mass is 548 g/mol. The molecule has 2 aromatic carbocycles. The van der Waals surface area contributed by atoms with Gasteiger partial charge in [0, 0.05) is 17.7 Å². The van der Waals surface area contributed by atoms with Gasteiger partial charge in [0.15, 0.2) is 21.7 Å². The van der Waals surface area contributed by atoms with Crippen LogP contribution >= 0.6 is 11.3 Å². The molecule has 0 bridgehead atoms. The molecule has 1 heterocycles. The smallest absolute Gasteiger partial charge is 0.256 e. The van der Waals surface area contributed by atoms with Gasteiger partial charge in [-0.15, -0.1) is 11.3 Å². The minimum Gasteiger partial charge on any atom is -0.497 e. The molecular formula is C26H29FN2O6S2. The van der Waals surface area contributed by atoms with Crippen LogP contribution in [0.25, 0.3) is 0 Å². The first-order valence-corrected chi connectivity index (χ1v) is 14.4. The van der Waals surface area contributed by atoms with Crippen molar-refractivity contribution in [2.24, 2.45) is 0 Å². The molecule has 0 saturated heterocycles. The molecule has 1 N–H and O–H groups in total. The van der Waals surface area contributed by atoms with Gasteiger partial charge in [0.1, 0.15) is 28.0 Å². The van der Waals surface area contributed by atoms with E-state index in [0.29, 0.717) is 34.0 Å². The van der Waals surface area contributed by atoms with Crippen LogP contribution in [0.5, 0.6) is 5.75 Å². The predicted octanol–water partition coefficient (Wildman–Crippen LogP) is 3.52. The second kappa shape index (κ2) is 12.4. The topological polar surface area (TPSA) is 114 Å². The molecule has 0 fully saturated rings. The van der Waals surface area contributed by atoms with Gasteiger partial charge in [0.25, 0.3) is 5.91 Å². The summed E-state index contributed by atoms with van der Waals surface area (Å²) in [5.41, 5.74) is 1.37. The summed E-state index contributed by atoms with van der Waals surface area (Å²) in [5, 5.41) is 11.3. The van der Waals surface area contributed by atoms with Gasteiger partial charge in [-0.2, -0.15) is 0 Å². The molecule has 11 heteroatoms. The van der Waals surface area contributed by atoms with Gasteiger partial charge >= 0.3 is 0 Å². The molecule has 0 radical (unpaired) electrons. The van der Waals surface area contributed by atoms with Crippen molar-refractivity contribution in [1.82, 2.24) is 9.88 Å². The molecule has 1 atom stereocenters. The molecule has 0 aliphatic heterocycles. The molecule has 0 aliphatic carbocycles. The molecule has 0 spiro atoms. The Morgan fingerprint density at radius 1 is 1.14 bits per heavy atom. The molecule has 1 aromatic heterocycles. The largest absolute Gasteiger partial charge is 0.497 e. The fourth-order valence-corrected chi connectivity index (χ4v) is 5.32. The van der Waals surface area contributed by atoms with E-state index < -0.39 is 33.4 Å². The van der Waals surface area contributed by atoms with E-state index >= 15 is 0 Å². The number of benzene rings is 2. The molecular weight excluding hydrogens is 519 g/mol. The number of aryl methyl sites for hydroxylation is 2. The number of Topliss-reactive ketones (excluding diaryl/α,β-unsaturated/α-hetero) is 1. The van der Waals surface area contributed by atoms with E-state index in [2.05, 4.69) is 4.98 Å². The van der Waals surface area contributed by atoms with Crippen LogP contribution in [0.2, 0.25) is 0 Å². The van der Waals surface area contributed by atoms with E-state index in [9.17, 15) is 27.5 Å². The van der Waals surface area contributed by atoms with Gasteiger partial charge in [-0.3, -0.25) is 9.59 Å². The lowest BCUT2D eigenvalue weighted by atomic mass is 10.1. The minimum atomic E-state index is -3.52. The van der Waals surface area contributed by atoms with Crippen LogP contribution in [0.1, 0.15) is 44.0 Å². The Bertz CT molecular complexity index is 1340. The maximum atomic E-state index is 13.3. The number of carbonyl (C=O) groups excluding carboxylic acids is 2. The summed E-state index contributed by atoms with van der Waals surface area (Å²) < 4.78 is 41.4. The number of ether oxygens (including phenoxy) is 1. The van der Waals surface area contributed by atoms with Crippen LogP contribution in [0.4, 0.5) is 4.39 Å². The molecule has 3 aromatic rings. The van der Waals surface area contributed by atoms with Crippen LogP contribution in [0.15, 0.2) is 48.5 Å². The first-order chi connectivity index (χ1) is 17.5. The lowest BCUT2D eigenvalue weighted by molar-refractivity contribution is -0.141. The molecule has 37 heavy (non-hydrogen) atoms. The number of rotatable bonds is 12. The summed E-state index contributed by atoms with van der Waals surface area (Å²) in [6, 6.07) is 12.6. The number of nitrogens with zero attached hydrogens (tertiary/aromatic N) is 2. The Balaban J connectivity index is 1.79. The number of hydrogen-bond donors (Lipinski definition) is 1. The molecule has 0 saturated carbocycles. The number of carbonyl (C=O) groups is 2. The zero-order valence-corrected chi connectivity index (χ0v) is 22.4. The van der Waals surface area contributed by atoms with Crippen molar-refractivity contribution in [2.75, 3.05) is 25.7 Å². The van der Waals surface area contributed by atoms with Gasteiger partial charge in [-0.1, -0.05) is 24.3 Å². The van der Waals surface area contributed by atoms with Gasteiger partial charge in [-0.05, 0) is 55.2 Å². The number of aliphatic hydroxyl groups excluding tert-OH is 1. The van der Waals surface area contributed by atoms with Gasteiger partial charge < -0.3 is 14.7 Å². The Kier molecular flexibility index (Phi) is 9.52. The lowest BCUT2D eigenvalue weighted by Gasteiger charge is -2.25. The van der Waals surface area contributed by atoms with E-state index in [-0.39, 0.29) is 24.6 Å². The number of aliphatic hydroxyl groups is 1. The lowest BCUT2D eigenvalue weighted by Crippen LogP contribution is -2.35. The van der Waals surface area contributed by atoms with Crippen LogP contribution in [-0.4, -0.2) is 60.8 Å². The number of methoxy groups -OCH3 is 1. The number of amides is 1. The van der Waals surface area contributed by atoms with Gasteiger partial charge in [0.05, 0.1) is 13.7 Å². The van der Waals surface area contributed by atoms with Crippen LogP contribution in [0.3, 0.4) is 0 Å². The molecule has 198 valence electrons. The Morgan fingerprint density at radius 2 is 1.78 bits per heavy atom. The standard InChI is InChI=1S/C26H29FN2O6S2/c1-17-24(22(30)16-37(3,33)34)28-23(36-17)15-29(14-4-5-18-6-10-20(27)11-7-18)26(32)25(31)19-8-12-21(35-2)13-9-19/h6-13,25,31H,4-5,14-16H2,1-3H3/t25-/m1/s1. The highest BCUT2D eigenvalue weighted by molar-refractivity contribution is 7.91. The van der Waals surface area contributed by atoms with E-state index in [1.807, 2.05) is 0 Å². The Morgan fingerprint density at radius 3 is 2.38 bits per heavy atom. The fourth-order valence-electron chi connectivity index (χ4n) is 3.74. The summed E-state index contributed by atoms with van der Waals surface area (Å²) in [5.74, 6) is -1.53. The summed E-state index contributed by atoms with van der Waals surface area (Å²) >= 11 is 1.20. The summed E-state index contributed by atoms with van der Waals surface area (Å²) in [6.07, 6.45) is 0.675. The second-order valence-electron chi connectivity index (χ2n) is 8.67. The summed E-state index contributed by atoms with van der Waals surface area (Å²) in [7, 11) is -2.00. The molecule has 8 nitrogen and oxygen atoms in total. The zero-order chi connectivity index (χ0) is 27.2. The number of sulfone groups is 1. The Labute approximate surface area is 219 Å². The predicted molar refractivity (Wildman–Crippen MR) is 139 cm³/mol. The quantitative estimate of drug-likeness (QED) is 0.345. The highest BCUT2D eigenvalue weighted by atomic mass is 32.2. The van der Waals surface area contributed by atoms with Crippen molar-refractivity contribution in [2.45, 2.75) is 32.4 Å². The second-order valence-corrected chi connectivity index (χ2v) is 12.1. The molecule has 0 unspecified atom stereocenters. The molecule has 0 aliphatic rings. The first-order valence-electron chi connectivity index (χ1n) is 11.5. The van der Waals surface area contributed by atoms with Gasteiger partial charge in [0.2, 0.25) is 0 Å². The maximum Gasteiger partial charge on any atom is 0.256 e. The number of thiazole rings is 1. The van der Waals surface area contributed by atoms with Crippen LogP contribution in [-0.2, 0) is 27.6 Å². The average molecular weight is 549 g/mol. The van der Waals surface area contributed by atoms with Gasteiger partial charge in [-0.25, -0.2) is 17.8 Å². The number of ketones is 1. The summed E-state index contributed by atoms with van der Waals surface area (Å²) in [6.45, 7) is 1.98. The highest BCUT2D eigenvalue weighted by Gasteiger charge is 2.26. The van der Waals surface area contributed by atoms with Crippen molar-refractivity contribution in [3.63, 3.8) is 0 Å². The molecule has 3 rings (SSSR count). The number of aromatic nitrogens is 1. The van der Waals surface area contributed by atoms with Crippen LogP contribution < -0.4 is 4.74 Å². The van der Waals surface area contributed by atoms with Crippen molar-refractivity contribution in [3.8, 4) is 5.75 Å². The first kappa shape index (κ1) is 28.4. The van der Waals surface area contributed by atoms with E-state index in [4.69, 9.17) is 4.74 Å². The highest BCUT2D eigenvalue weighted by Crippen LogP contribution is 2.24. The zero-order valence-electron chi connectivity index (χ0n) is 20.8. The normalized spacial score (nSPS) is 12.2. The van der Waals surface area contributed by atoms with Crippen molar-refractivity contribution in [3.05, 3.63) is 81.1 Å². The maximum absolute atomic E-state index is 13.3. The number of halogens is 1. The number of hydrogen-bond acceptors (Lipinski definition) is 8. The summed E-state index contributed by atoms with van der Waals surface area (Å²) in [4.78, 5) is 32.1. The van der Waals surface area contributed by atoms with Crippen molar-refractivity contribution >= 4 is 32.9 Å². The SMILES string of the molecule is COc1ccc([C@@H](O)C(=O)N(CCCc2ccc(F)cc2)Cc2nc(C(=O)CS(C)(=O)=O)c(C)s2)cc1. The minimum absolute atomic E-state index is 0.0348.